The molecule has 2 atom stereocenters. The molecule has 0 spiro atoms. The number of rotatable bonds is 4. The summed E-state index contributed by atoms with van der Waals surface area (Å²) in [6.07, 6.45) is 2.39. The first-order valence-electron chi connectivity index (χ1n) is 6.85. The molecule has 1 saturated heterocycles. The SMILES string of the molecule is CC(C)C1CCCN1C(CN)c1ccccc1F. The van der Waals surface area contributed by atoms with Crippen molar-refractivity contribution < 1.29 is 4.39 Å². The van der Waals surface area contributed by atoms with Crippen LogP contribution in [0.5, 0.6) is 0 Å². The zero-order chi connectivity index (χ0) is 13.1. The number of halogens is 1. The van der Waals surface area contributed by atoms with Crippen molar-refractivity contribution in [3.05, 3.63) is 35.6 Å². The lowest BCUT2D eigenvalue weighted by molar-refractivity contribution is 0.147. The van der Waals surface area contributed by atoms with E-state index in [4.69, 9.17) is 5.73 Å². The molecule has 2 N–H and O–H groups in total. The first-order chi connectivity index (χ1) is 8.65. The van der Waals surface area contributed by atoms with E-state index >= 15 is 0 Å². The van der Waals surface area contributed by atoms with Crippen LogP contribution in [-0.4, -0.2) is 24.0 Å². The second-order valence-electron chi connectivity index (χ2n) is 5.46. The third kappa shape index (κ3) is 2.57. The topological polar surface area (TPSA) is 29.3 Å². The average molecular weight is 250 g/mol. The minimum atomic E-state index is -0.137. The average Bonchev–Trinajstić information content (AvgIpc) is 2.82. The molecule has 1 aromatic carbocycles. The fourth-order valence-corrected chi connectivity index (χ4v) is 3.10. The van der Waals surface area contributed by atoms with Gasteiger partial charge >= 0.3 is 0 Å². The largest absolute Gasteiger partial charge is 0.329 e. The van der Waals surface area contributed by atoms with Crippen LogP contribution in [0.4, 0.5) is 4.39 Å². The number of nitrogens with two attached hydrogens (primary N) is 1. The fraction of sp³-hybridized carbons (Fsp3) is 0.600. The first kappa shape index (κ1) is 13.5. The van der Waals surface area contributed by atoms with Crippen LogP contribution in [0.2, 0.25) is 0 Å². The molecule has 0 saturated carbocycles. The number of hydrogen-bond donors (Lipinski definition) is 1. The maximum atomic E-state index is 13.9. The summed E-state index contributed by atoms with van der Waals surface area (Å²) in [6.45, 7) is 5.97. The summed E-state index contributed by atoms with van der Waals surface area (Å²) in [5, 5.41) is 0. The van der Waals surface area contributed by atoms with E-state index < -0.39 is 0 Å². The van der Waals surface area contributed by atoms with E-state index in [1.807, 2.05) is 12.1 Å². The molecule has 0 bridgehead atoms. The molecular weight excluding hydrogens is 227 g/mol. The van der Waals surface area contributed by atoms with E-state index in [0.717, 1.165) is 12.1 Å². The van der Waals surface area contributed by atoms with E-state index in [1.165, 1.54) is 18.9 Å². The summed E-state index contributed by atoms with van der Waals surface area (Å²) in [5.74, 6) is 0.454. The molecule has 2 nitrogen and oxygen atoms in total. The second-order valence-corrected chi connectivity index (χ2v) is 5.46. The number of benzene rings is 1. The lowest BCUT2D eigenvalue weighted by Gasteiger charge is -2.35. The third-order valence-corrected chi connectivity index (χ3v) is 4.00. The Labute approximate surface area is 109 Å². The molecule has 0 amide bonds. The highest BCUT2D eigenvalue weighted by Crippen LogP contribution is 2.33. The number of nitrogens with zero attached hydrogens (tertiary/aromatic N) is 1. The number of hydrogen-bond acceptors (Lipinski definition) is 2. The van der Waals surface area contributed by atoms with Crippen LogP contribution < -0.4 is 5.73 Å². The summed E-state index contributed by atoms with van der Waals surface area (Å²) >= 11 is 0. The molecule has 0 radical (unpaired) electrons. The maximum Gasteiger partial charge on any atom is 0.128 e. The highest BCUT2D eigenvalue weighted by molar-refractivity contribution is 5.22. The number of likely N-dealkylation sites (tertiary alicyclic amines) is 1. The molecule has 18 heavy (non-hydrogen) atoms. The predicted molar refractivity (Wildman–Crippen MR) is 72.8 cm³/mol. The van der Waals surface area contributed by atoms with Gasteiger partial charge in [0.2, 0.25) is 0 Å². The van der Waals surface area contributed by atoms with Crippen LogP contribution in [-0.2, 0) is 0 Å². The van der Waals surface area contributed by atoms with Gasteiger partial charge in [0.25, 0.3) is 0 Å². The van der Waals surface area contributed by atoms with Gasteiger partial charge in [-0.3, -0.25) is 4.90 Å². The minimum absolute atomic E-state index is 0.0149. The second kappa shape index (κ2) is 5.81. The lowest BCUT2D eigenvalue weighted by Crippen LogP contribution is -2.40. The van der Waals surface area contributed by atoms with Crippen LogP contribution >= 0.6 is 0 Å². The molecule has 2 rings (SSSR count). The van der Waals surface area contributed by atoms with Gasteiger partial charge < -0.3 is 5.73 Å². The van der Waals surface area contributed by atoms with Crippen molar-refractivity contribution in [2.45, 2.75) is 38.8 Å². The van der Waals surface area contributed by atoms with E-state index in [9.17, 15) is 4.39 Å². The highest BCUT2D eigenvalue weighted by Gasteiger charge is 2.33. The Kier molecular flexibility index (Phi) is 4.36. The van der Waals surface area contributed by atoms with Gasteiger partial charge in [0.05, 0.1) is 6.04 Å². The molecule has 1 heterocycles. The Balaban J connectivity index is 2.26. The Morgan fingerprint density at radius 3 is 2.72 bits per heavy atom. The van der Waals surface area contributed by atoms with Crippen LogP contribution in [0.25, 0.3) is 0 Å². The highest BCUT2D eigenvalue weighted by atomic mass is 19.1. The van der Waals surface area contributed by atoms with Crippen molar-refractivity contribution in [1.29, 1.82) is 0 Å². The van der Waals surface area contributed by atoms with Crippen molar-refractivity contribution in [3.8, 4) is 0 Å². The Morgan fingerprint density at radius 1 is 1.39 bits per heavy atom. The van der Waals surface area contributed by atoms with E-state index in [0.29, 0.717) is 18.5 Å². The van der Waals surface area contributed by atoms with Crippen molar-refractivity contribution in [1.82, 2.24) is 4.90 Å². The van der Waals surface area contributed by atoms with Gasteiger partial charge in [-0.25, -0.2) is 4.39 Å². The predicted octanol–water partition coefficient (Wildman–Crippen LogP) is 2.95. The van der Waals surface area contributed by atoms with Gasteiger partial charge in [-0.2, -0.15) is 0 Å². The zero-order valence-corrected chi connectivity index (χ0v) is 11.3. The standard InChI is InChI=1S/C15H23FN2/c1-11(2)14-8-5-9-18(14)15(10-17)12-6-3-4-7-13(12)16/h3-4,6-7,11,14-15H,5,8-10,17H2,1-2H3. The van der Waals surface area contributed by atoms with Gasteiger partial charge in [0.15, 0.2) is 0 Å². The van der Waals surface area contributed by atoms with Gasteiger partial charge in [-0.15, -0.1) is 0 Å². The molecule has 3 heteroatoms. The maximum absolute atomic E-state index is 13.9. The van der Waals surface area contributed by atoms with E-state index in [1.54, 1.807) is 6.07 Å². The van der Waals surface area contributed by atoms with Gasteiger partial charge in [0, 0.05) is 18.2 Å². The molecular formula is C15H23FN2. The van der Waals surface area contributed by atoms with Crippen molar-refractivity contribution >= 4 is 0 Å². The summed E-state index contributed by atoms with van der Waals surface area (Å²) in [4.78, 5) is 2.39. The van der Waals surface area contributed by atoms with Crippen LogP contribution in [0.3, 0.4) is 0 Å². The smallest absolute Gasteiger partial charge is 0.128 e. The van der Waals surface area contributed by atoms with E-state index in [2.05, 4.69) is 18.7 Å². The summed E-state index contributed by atoms with van der Waals surface area (Å²) in [7, 11) is 0. The van der Waals surface area contributed by atoms with Crippen molar-refractivity contribution in [2.75, 3.05) is 13.1 Å². The molecule has 0 aromatic heterocycles. The summed E-state index contributed by atoms with van der Waals surface area (Å²) in [5.41, 5.74) is 6.65. The van der Waals surface area contributed by atoms with Crippen LogP contribution in [0.1, 0.15) is 38.3 Å². The quantitative estimate of drug-likeness (QED) is 0.890. The summed E-state index contributed by atoms with van der Waals surface area (Å²) < 4.78 is 13.9. The van der Waals surface area contributed by atoms with Crippen molar-refractivity contribution in [2.24, 2.45) is 11.7 Å². The fourth-order valence-electron chi connectivity index (χ4n) is 3.10. The van der Waals surface area contributed by atoms with E-state index in [-0.39, 0.29) is 11.9 Å². The Bertz CT molecular complexity index is 392. The Hall–Kier alpha value is -0.930. The summed E-state index contributed by atoms with van der Waals surface area (Å²) in [6, 6.07) is 7.55. The van der Waals surface area contributed by atoms with Crippen molar-refractivity contribution in [3.63, 3.8) is 0 Å². The molecule has 1 fully saturated rings. The molecule has 1 aliphatic heterocycles. The lowest BCUT2D eigenvalue weighted by atomic mass is 9.98. The molecule has 1 aliphatic rings. The Morgan fingerprint density at radius 2 is 2.11 bits per heavy atom. The molecule has 1 aromatic rings. The molecule has 2 unspecified atom stereocenters. The van der Waals surface area contributed by atoms with Crippen LogP contribution in [0, 0.1) is 11.7 Å². The monoisotopic (exact) mass is 250 g/mol. The first-order valence-corrected chi connectivity index (χ1v) is 6.85. The zero-order valence-electron chi connectivity index (χ0n) is 11.3. The van der Waals surface area contributed by atoms with Gasteiger partial charge in [0.1, 0.15) is 5.82 Å². The van der Waals surface area contributed by atoms with Gasteiger partial charge in [-0.1, -0.05) is 32.0 Å². The third-order valence-electron chi connectivity index (χ3n) is 4.00. The minimum Gasteiger partial charge on any atom is -0.329 e. The normalized spacial score (nSPS) is 22.6. The van der Waals surface area contributed by atoms with Gasteiger partial charge in [-0.05, 0) is 31.4 Å². The van der Waals surface area contributed by atoms with Crippen LogP contribution in [0.15, 0.2) is 24.3 Å². The molecule has 100 valence electrons. The molecule has 0 aliphatic carbocycles.